The summed E-state index contributed by atoms with van der Waals surface area (Å²) in [4.78, 5) is 16.7. The zero-order valence-corrected chi connectivity index (χ0v) is 12.7. The summed E-state index contributed by atoms with van der Waals surface area (Å²) in [6.45, 7) is 4.15. The average molecular weight is 290 g/mol. The lowest BCUT2D eigenvalue weighted by Gasteiger charge is -2.23. The third kappa shape index (κ3) is 2.86. The maximum Gasteiger partial charge on any atom is 0.227 e. The van der Waals surface area contributed by atoms with Gasteiger partial charge in [0, 0.05) is 25.2 Å². The van der Waals surface area contributed by atoms with Crippen LogP contribution in [0.15, 0.2) is 24.3 Å². The molecule has 3 nitrogen and oxygen atoms in total. The summed E-state index contributed by atoms with van der Waals surface area (Å²) < 4.78 is 0. The van der Waals surface area contributed by atoms with Gasteiger partial charge in [-0.15, -0.1) is 0 Å². The Bertz CT molecular complexity index is 485. The second-order valence-corrected chi connectivity index (χ2v) is 6.23. The van der Waals surface area contributed by atoms with Gasteiger partial charge in [-0.1, -0.05) is 18.2 Å². The smallest absolute Gasteiger partial charge is 0.227 e. The Labute approximate surface area is 126 Å². The highest BCUT2D eigenvalue weighted by molar-refractivity contribution is 7.80. The minimum absolute atomic E-state index is 0.248. The van der Waals surface area contributed by atoms with Crippen LogP contribution in [0.5, 0.6) is 0 Å². The fraction of sp³-hybridized carbons (Fsp3) is 0.562. The van der Waals surface area contributed by atoms with E-state index in [1.807, 2.05) is 11.0 Å². The minimum Gasteiger partial charge on any atom is -0.312 e. The van der Waals surface area contributed by atoms with Crippen LogP contribution in [0.1, 0.15) is 24.8 Å². The van der Waals surface area contributed by atoms with Crippen LogP contribution in [-0.4, -0.2) is 36.2 Å². The summed E-state index contributed by atoms with van der Waals surface area (Å²) >= 11 is 4.34. The monoisotopic (exact) mass is 290 g/mol. The van der Waals surface area contributed by atoms with Crippen molar-refractivity contribution in [3.63, 3.8) is 0 Å². The summed E-state index contributed by atoms with van der Waals surface area (Å²) in [6, 6.07) is 8.36. The summed E-state index contributed by atoms with van der Waals surface area (Å²) in [5.41, 5.74) is 2.39. The first-order valence-corrected chi connectivity index (χ1v) is 8.12. The highest BCUT2D eigenvalue weighted by Crippen LogP contribution is 2.29. The molecule has 2 saturated heterocycles. The van der Waals surface area contributed by atoms with E-state index in [4.69, 9.17) is 0 Å². The molecule has 1 unspecified atom stereocenters. The van der Waals surface area contributed by atoms with Gasteiger partial charge in [0.1, 0.15) is 0 Å². The molecular weight excluding hydrogens is 268 g/mol. The van der Waals surface area contributed by atoms with Crippen LogP contribution in [0.2, 0.25) is 0 Å². The number of anilines is 1. The van der Waals surface area contributed by atoms with Crippen LogP contribution in [-0.2, 0) is 11.3 Å². The van der Waals surface area contributed by atoms with Crippen LogP contribution in [0.25, 0.3) is 0 Å². The first kappa shape index (κ1) is 14.0. The molecule has 108 valence electrons. The zero-order chi connectivity index (χ0) is 13.9. The first-order valence-electron chi connectivity index (χ1n) is 7.49. The van der Waals surface area contributed by atoms with E-state index in [0.29, 0.717) is 12.3 Å². The largest absolute Gasteiger partial charge is 0.312 e. The van der Waals surface area contributed by atoms with Gasteiger partial charge in [0.25, 0.3) is 0 Å². The van der Waals surface area contributed by atoms with Crippen LogP contribution < -0.4 is 4.90 Å². The van der Waals surface area contributed by atoms with E-state index >= 15 is 0 Å². The second kappa shape index (κ2) is 6.19. The molecule has 1 atom stereocenters. The van der Waals surface area contributed by atoms with Crippen molar-refractivity contribution < 1.29 is 4.79 Å². The van der Waals surface area contributed by atoms with Gasteiger partial charge >= 0.3 is 0 Å². The summed E-state index contributed by atoms with van der Waals surface area (Å²) in [7, 11) is 0. The minimum atomic E-state index is 0.248. The SMILES string of the molecule is O=C1CC(CS)CN1c1ccccc1CN1CCCC1. The quantitative estimate of drug-likeness (QED) is 0.862. The Kier molecular flexibility index (Phi) is 4.32. The van der Waals surface area contributed by atoms with Crippen LogP contribution in [0.3, 0.4) is 0 Å². The van der Waals surface area contributed by atoms with Crippen molar-refractivity contribution in [2.75, 3.05) is 30.3 Å². The van der Waals surface area contributed by atoms with Crippen molar-refractivity contribution in [2.24, 2.45) is 5.92 Å². The Hall–Kier alpha value is -1.00. The van der Waals surface area contributed by atoms with Crippen molar-refractivity contribution in [1.82, 2.24) is 4.90 Å². The van der Waals surface area contributed by atoms with E-state index in [0.717, 1.165) is 24.5 Å². The first-order chi connectivity index (χ1) is 9.78. The average Bonchev–Trinajstić information content (AvgIpc) is 3.09. The van der Waals surface area contributed by atoms with E-state index in [1.54, 1.807) is 0 Å². The maximum absolute atomic E-state index is 12.2. The number of carbonyl (C=O) groups excluding carboxylic acids is 1. The summed E-state index contributed by atoms with van der Waals surface area (Å²) in [6.07, 6.45) is 3.24. The van der Waals surface area contributed by atoms with Gasteiger partial charge in [-0.2, -0.15) is 12.6 Å². The number of thiol groups is 1. The third-order valence-electron chi connectivity index (χ3n) is 4.34. The Morgan fingerprint density at radius 3 is 2.65 bits per heavy atom. The fourth-order valence-corrected chi connectivity index (χ4v) is 3.47. The molecule has 1 amide bonds. The molecule has 0 aromatic heterocycles. The number of carbonyl (C=O) groups is 1. The van der Waals surface area contributed by atoms with Crippen molar-refractivity contribution >= 4 is 24.2 Å². The number of rotatable bonds is 4. The molecule has 0 radical (unpaired) electrons. The van der Waals surface area contributed by atoms with Crippen molar-refractivity contribution in [1.29, 1.82) is 0 Å². The number of amides is 1. The van der Waals surface area contributed by atoms with Crippen molar-refractivity contribution in [2.45, 2.75) is 25.8 Å². The molecular formula is C16H22N2OS. The Morgan fingerprint density at radius 2 is 1.95 bits per heavy atom. The topological polar surface area (TPSA) is 23.6 Å². The van der Waals surface area contributed by atoms with Crippen LogP contribution >= 0.6 is 12.6 Å². The molecule has 3 rings (SSSR count). The molecule has 0 spiro atoms. The van der Waals surface area contributed by atoms with Gasteiger partial charge in [-0.05, 0) is 49.2 Å². The molecule has 0 bridgehead atoms. The van der Waals surface area contributed by atoms with Crippen LogP contribution in [0, 0.1) is 5.92 Å². The lowest BCUT2D eigenvalue weighted by molar-refractivity contribution is -0.117. The van der Waals surface area contributed by atoms with Gasteiger partial charge in [0.2, 0.25) is 5.91 Å². The Morgan fingerprint density at radius 1 is 1.20 bits per heavy atom. The summed E-state index contributed by atoms with van der Waals surface area (Å²) in [5, 5.41) is 0. The molecule has 2 aliphatic rings. The maximum atomic E-state index is 12.2. The van der Waals surface area contributed by atoms with E-state index < -0.39 is 0 Å². The number of nitrogens with zero attached hydrogens (tertiary/aromatic N) is 2. The van der Waals surface area contributed by atoms with Crippen molar-refractivity contribution in [3.05, 3.63) is 29.8 Å². The van der Waals surface area contributed by atoms with Crippen molar-refractivity contribution in [3.8, 4) is 0 Å². The highest BCUT2D eigenvalue weighted by Gasteiger charge is 2.31. The number of hydrogen-bond acceptors (Lipinski definition) is 3. The predicted molar refractivity (Wildman–Crippen MR) is 85.3 cm³/mol. The van der Waals surface area contributed by atoms with Gasteiger partial charge in [0.05, 0.1) is 0 Å². The van der Waals surface area contributed by atoms with Gasteiger partial charge in [-0.3, -0.25) is 9.69 Å². The van der Waals surface area contributed by atoms with Gasteiger partial charge < -0.3 is 4.90 Å². The van der Waals surface area contributed by atoms with E-state index in [-0.39, 0.29) is 5.91 Å². The molecule has 1 aromatic rings. The molecule has 4 heteroatoms. The molecule has 0 N–H and O–H groups in total. The number of benzene rings is 1. The lowest BCUT2D eigenvalue weighted by atomic mass is 10.1. The molecule has 0 aliphatic carbocycles. The third-order valence-corrected chi connectivity index (χ3v) is 4.85. The molecule has 0 saturated carbocycles. The fourth-order valence-electron chi connectivity index (χ4n) is 3.23. The van der Waals surface area contributed by atoms with Crippen LogP contribution in [0.4, 0.5) is 5.69 Å². The molecule has 20 heavy (non-hydrogen) atoms. The number of likely N-dealkylation sites (tertiary alicyclic amines) is 1. The molecule has 2 aliphatic heterocycles. The van der Waals surface area contributed by atoms with Gasteiger partial charge in [0.15, 0.2) is 0 Å². The van der Waals surface area contributed by atoms with E-state index in [9.17, 15) is 4.79 Å². The van der Waals surface area contributed by atoms with E-state index in [2.05, 4.69) is 35.7 Å². The normalized spacial score (nSPS) is 23.8. The lowest BCUT2D eigenvalue weighted by Crippen LogP contribution is -2.27. The second-order valence-electron chi connectivity index (χ2n) is 5.87. The van der Waals surface area contributed by atoms with E-state index in [1.165, 1.54) is 31.5 Å². The molecule has 1 aromatic carbocycles. The number of hydrogen-bond donors (Lipinski definition) is 1. The van der Waals surface area contributed by atoms with Gasteiger partial charge in [-0.25, -0.2) is 0 Å². The summed E-state index contributed by atoms with van der Waals surface area (Å²) in [5.74, 6) is 1.43. The zero-order valence-electron chi connectivity index (χ0n) is 11.8. The Balaban J connectivity index is 1.80. The predicted octanol–water partition coefficient (Wildman–Crippen LogP) is 2.57. The highest BCUT2D eigenvalue weighted by atomic mass is 32.1. The standard InChI is InChI=1S/C16H22N2OS/c19-16-9-13(12-20)10-18(16)15-6-2-1-5-14(15)11-17-7-3-4-8-17/h1-2,5-6,13,20H,3-4,7-12H2. The molecule has 2 heterocycles. The molecule has 2 fully saturated rings. The number of para-hydroxylation sites is 1.